The fourth-order valence-corrected chi connectivity index (χ4v) is 7.92. The van der Waals surface area contributed by atoms with Crippen LogP contribution in [0.5, 0.6) is 0 Å². The molecule has 0 aromatic carbocycles. The molecular weight excluding hydrogens is 300 g/mol. The van der Waals surface area contributed by atoms with Gasteiger partial charge in [0.1, 0.15) is 0 Å². The highest BCUT2D eigenvalue weighted by atomic mass is 16.7. The van der Waals surface area contributed by atoms with Crippen LogP contribution in [0.3, 0.4) is 0 Å². The van der Waals surface area contributed by atoms with Gasteiger partial charge in [-0.1, -0.05) is 18.6 Å². The van der Waals surface area contributed by atoms with Crippen molar-refractivity contribution in [3.63, 3.8) is 0 Å². The minimum absolute atomic E-state index is 0.0197. The van der Waals surface area contributed by atoms with Gasteiger partial charge in [0.25, 0.3) is 0 Å². The van der Waals surface area contributed by atoms with Gasteiger partial charge >= 0.3 is 0 Å². The molecule has 4 saturated carbocycles. The van der Waals surface area contributed by atoms with Gasteiger partial charge in [-0.25, -0.2) is 0 Å². The summed E-state index contributed by atoms with van der Waals surface area (Å²) in [5.41, 5.74) is 1.85. The standard InChI is InChI=1S/C21H30O3/c1-20-6-4-14-13-5-7-21(23-8-9-24-21)11-12(13)2-3-15(14)18(20)16-10-17(16)19(20)22/h2,13-19,22H,3-11H2,1H3/t13?,14?,15?,16?,17?,18?,19-,20+/m1/s1. The number of allylic oxidation sites excluding steroid dienone is 1. The summed E-state index contributed by atoms with van der Waals surface area (Å²) in [4.78, 5) is 0. The first kappa shape index (κ1) is 14.8. The lowest BCUT2D eigenvalue weighted by Gasteiger charge is -2.55. The molecule has 6 aliphatic rings. The zero-order chi connectivity index (χ0) is 16.1. The fraction of sp³-hybridized carbons (Fsp3) is 0.905. The smallest absolute Gasteiger partial charge is 0.172 e. The van der Waals surface area contributed by atoms with Crippen LogP contribution in [-0.4, -0.2) is 30.2 Å². The predicted molar refractivity (Wildman–Crippen MR) is 90.1 cm³/mol. The average molecular weight is 330 g/mol. The third kappa shape index (κ3) is 1.74. The minimum atomic E-state index is -0.274. The van der Waals surface area contributed by atoms with Crippen LogP contribution in [0.25, 0.3) is 0 Å². The van der Waals surface area contributed by atoms with Crippen LogP contribution in [-0.2, 0) is 9.47 Å². The summed E-state index contributed by atoms with van der Waals surface area (Å²) in [7, 11) is 0. The van der Waals surface area contributed by atoms with Gasteiger partial charge in [-0.3, -0.25) is 0 Å². The Morgan fingerprint density at radius 1 is 1.04 bits per heavy atom. The van der Waals surface area contributed by atoms with E-state index in [0.29, 0.717) is 5.92 Å². The van der Waals surface area contributed by atoms with Crippen LogP contribution in [0, 0.1) is 40.9 Å². The number of ether oxygens (including phenoxy) is 2. The normalized spacial score (nSPS) is 56.9. The molecular formula is C21H30O3. The molecule has 0 aromatic heterocycles. The second kappa shape index (κ2) is 4.66. The number of rotatable bonds is 0. The molecule has 24 heavy (non-hydrogen) atoms. The molecule has 0 radical (unpaired) electrons. The van der Waals surface area contributed by atoms with Gasteiger partial charge in [-0.05, 0) is 73.0 Å². The zero-order valence-corrected chi connectivity index (χ0v) is 14.7. The third-order valence-electron chi connectivity index (χ3n) is 8.99. The average Bonchev–Trinajstić information content (AvgIpc) is 3.18. The molecule has 0 amide bonds. The molecule has 132 valence electrons. The van der Waals surface area contributed by atoms with Gasteiger partial charge in [0.15, 0.2) is 5.79 Å². The highest BCUT2D eigenvalue weighted by molar-refractivity contribution is 5.24. The molecule has 6 unspecified atom stereocenters. The highest BCUT2D eigenvalue weighted by Gasteiger charge is 2.69. The number of aliphatic hydroxyl groups is 1. The van der Waals surface area contributed by atoms with Crippen molar-refractivity contribution in [3.8, 4) is 0 Å². The van der Waals surface area contributed by atoms with Crippen LogP contribution >= 0.6 is 0 Å². The number of hydrogen-bond donors (Lipinski definition) is 1. The van der Waals surface area contributed by atoms with E-state index in [9.17, 15) is 5.11 Å². The summed E-state index contributed by atoms with van der Waals surface area (Å²) in [5, 5.41) is 10.8. The predicted octanol–water partition coefficient (Wildman–Crippen LogP) is 3.52. The SMILES string of the molecule is C[C@]12CCC3C4CCC5(CC4=CCC3C1C1CC1[C@H]2O)OCCO5. The molecule has 3 nitrogen and oxygen atoms in total. The van der Waals surface area contributed by atoms with Crippen molar-refractivity contribution in [3.05, 3.63) is 11.6 Å². The first-order valence-corrected chi connectivity index (χ1v) is 10.3. The summed E-state index contributed by atoms with van der Waals surface area (Å²) in [5.74, 6) is 4.43. The molecule has 3 heteroatoms. The maximum absolute atomic E-state index is 10.8. The summed E-state index contributed by atoms with van der Waals surface area (Å²) in [6.45, 7) is 3.94. The summed E-state index contributed by atoms with van der Waals surface area (Å²) in [6.07, 6.45) is 11.0. The Morgan fingerprint density at radius 3 is 2.71 bits per heavy atom. The molecule has 1 aliphatic heterocycles. The van der Waals surface area contributed by atoms with Gasteiger partial charge in [-0.15, -0.1) is 0 Å². The lowest BCUT2D eigenvalue weighted by molar-refractivity contribution is -0.177. The van der Waals surface area contributed by atoms with E-state index in [1.807, 2.05) is 0 Å². The molecule has 1 saturated heterocycles. The van der Waals surface area contributed by atoms with Crippen LogP contribution in [0.2, 0.25) is 0 Å². The summed E-state index contributed by atoms with van der Waals surface area (Å²) < 4.78 is 12.0. The molecule has 6 rings (SSSR count). The van der Waals surface area contributed by atoms with E-state index in [1.54, 1.807) is 5.57 Å². The van der Waals surface area contributed by atoms with Crippen molar-refractivity contribution in [2.24, 2.45) is 40.9 Å². The van der Waals surface area contributed by atoms with E-state index in [0.717, 1.165) is 55.6 Å². The maximum atomic E-state index is 10.8. The molecule has 5 aliphatic carbocycles. The molecule has 0 aromatic rings. The first-order chi connectivity index (χ1) is 11.6. The second-order valence-corrected chi connectivity index (χ2v) is 9.85. The number of aliphatic hydroxyl groups excluding tert-OH is 1. The third-order valence-corrected chi connectivity index (χ3v) is 8.99. The lowest BCUT2D eigenvalue weighted by atomic mass is 9.51. The Labute approximate surface area is 144 Å². The van der Waals surface area contributed by atoms with Crippen molar-refractivity contribution in [1.29, 1.82) is 0 Å². The molecule has 1 heterocycles. The van der Waals surface area contributed by atoms with Crippen LogP contribution in [0.1, 0.15) is 51.9 Å². The van der Waals surface area contributed by atoms with E-state index in [2.05, 4.69) is 13.0 Å². The van der Waals surface area contributed by atoms with Crippen LogP contribution < -0.4 is 0 Å². The van der Waals surface area contributed by atoms with Gasteiger partial charge in [-0.2, -0.15) is 0 Å². The Hall–Kier alpha value is -0.380. The summed E-state index contributed by atoms with van der Waals surface area (Å²) >= 11 is 0. The van der Waals surface area contributed by atoms with Gasteiger partial charge in [0.05, 0.1) is 19.3 Å². The molecule has 1 spiro atoms. The van der Waals surface area contributed by atoms with E-state index in [-0.39, 0.29) is 17.3 Å². The van der Waals surface area contributed by atoms with Crippen LogP contribution in [0.15, 0.2) is 11.6 Å². The first-order valence-electron chi connectivity index (χ1n) is 10.3. The Bertz CT molecular complexity index is 592. The van der Waals surface area contributed by atoms with Gasteiger partial charge in [0, 0.05) is 12.8 Å². The van der Waals surface area contributed by atoms with Crippen molar-refractivity contribution in [1.82, 2.24) is 0 Å². The van der Waals surface area contributed by atoms with E-state index in [1.165, 1.54) is 32.1 Å². The minimum Gasteiger partial charge on any atom is -0.392 e. The topological polar surface area (TPSA) is 38.7 Å². The Kier molecular flexibility index (Phi) is 2.87. The van der Waals surface area contributed by atoms with Crippen LogP contribution in [0.4, 0.5) is 0 Å². The molecule has 5 fully saturated rings. The van der Waals surface area contributed by atoms with Gasteiger partial charge in [0.2, 0.25) is 0 Å². The maximum Gasteiger partial charge on any atom is 0.172 e. The highest BCUT2D eigenvalue weighted by Crippen LogP contribution is 2.71. The number of fused-ring (bicyclic) bond motifs is 7. The van der Waals surface area contributed by atoms with Crippen molar-refractivity contribution < 1.29 is 14.6 Å². The van der Waals surface area contributed by atoms with Crippen molar-refractivity contribution >= 4 is 0 Å². The quantitative estimate of drug-likeness (QED) is 0.691. The van der Waals surface area contributed by atoms with E-state index >= 15 is 0 Å². The molecule has 0 bridgehead atoms. The van der Waals surface area contributed by atoms with Gasteiger partial charge < -0.3 is 14.6 Å². The Balaban J connectivity index is 1.31. The molecule has 8 atom stereocenters. The van der Waals surface area contributed by atoms with Crippen molar-refractivity contribution in [2.45, 2.75) is 63.8 Å². The van der Waals surface area contributed by atoms with E-state index < -0.39 is 0 Å². The lowest BCUT2D eigenvalue weighted by Crippen LogP contribution is -2.50. The monoisotopic (exact) mass is 330 g/mol. The second-order valence-electron chi connectivity index (χ2n) is 9.85. The molecule has 1 N–H and O–H groups in total. The zero-order valence-electron chi connectivity index (χ0n) is 14.7. The van der Waals surface area contributed by atoms with Crippen molar-refractivity contribution in [2.75, 3.05) is 13.2 Å². The Morgan fingerprint density at radius 2 is 1.88 bits per heavy atom. The fourth-order valence-electron chi connectivity index (χ4n) is 7.92. The number of hydrogen-bond acceptors (Lipinski definition) is 3. The summed E-state index contributed by atoms with van der Waals surface area (Å²) in [6, 6.07) is 0. The van der Waals surface area contributed by atoms with E-state index in [4.69, 9.17) is 9.47 Å². The largest absolute Gasteiger partial charge is 0.392 e.